The molecule has 28 heavy (non-hydrogen) atoms. The third kappa shape index (κ3) is 6.35. The number of anilines is 1. The molecule has 3 aliphatic heterocycles. The number of rotatable bonds is 5. The number of nitrogens with zero attached hydrogens (tertiary/aromatic N) is 1. The first-order valence-electron chi connectivity index (χ1n) is 10.5. The fraction of sp³-hybridized carbons (Fsp3) is 0.682. The van der Waals surface area contributed by atoms with Gasteiger partial charge in [0.15, 0.2) is 0 Å². The van der Waals surface area contributed by atoms with E-state index in [4.69, 9.17) is 0 Å². The molecule has 3 atom stereocenters. The highest BCUT2D eigenvalue weighted by molar-refractivity contribution is 5.90. The van der Waals surface area contributed by atoms with Gasteiger partial charge in [-0.25, -0.2) is 0 Å². The van der Waals surface area contributed by atoms with Crippen molar-refractivity contribution in [3.05, 3.63) is 29.8 Å². The minimum Gasteiger partial charge on any atom is -0.326 e. The van der Waals surface area contributed by atoms with Crippen LogP contribution >= 0.6 is 24.8 Å². The van der Waals surface area contributed by atoms with Gasteiger partial charge in [-0.3, -0.25) is 9.69 Å². The Hall–Kier alpha value is -0.810. The number of piperidine rings is 2. The molecule has 4 rings (SSSR count). The first kappa shape index (κ1) is 23.5. The third-order valence-corrected chi connectivity index (χ3v) is 6.43. The summed E-state index contributed by atoms with van der Waals surface area (Å²) in [6.07, 6.45) is 8.25. The standard InChI is InChI=1S/C22H33N3O.2ClH/c1-16-3-2-10-25(14-16)15-17-4-6-19(7-5-17)24-22(26)13-18-11-20-8-9-21(12-18)23-20;;/h4-7,16,18,20-21,23H,2-3,8-15H2,1H3,(H,24,26);2*1H. The zero-order chi connectivity index (χ0) is 17.9. The Kier molecular flexibility index (Phi) is 9.07. The highest BCUT2D eigenvalue weighted by atomic mass is 35.5. The van der Waals surface area contributed by atoms with E-state index >= 15 is 0 Å². The number of hydrogen-bond acceptors (Lipinski definition) is 3. The zero-order valence-electron chi connectivity index (χ0n) is 16.9. The summed E-state index contributed by atoms with van der Waals surface area (Å²) in [4.78, 5) is 15.0. The number of fused-ring (bicyclic) bond motifs is 2. The highest BCUT2D eigenvalue weighted by Gasteiger charge is 2.34. The molecule has 0 saturated carbocycles. The Balaban J connectivity index is 0.00000140. The lowest BCUT2D eigenvalue weighted by atomic mass is 9.89. The predicted octanol–water partition coefficient (Wildman–Crippen LogP) is 4.62. The highest BCUT2D eigenvalue weighted by Crippen LogP contribution is 2.32. The second kappa shape index (κ2) is 10.8. The van der Waals surface area contributed by atoms with E-state index in [0.717, 1.165) is 31.0 Å². The normalized spacial score (nSPS) is 29.5. The molecule has 158 valence electrons. The lowest BCUT2D eigenvalue weighted by Crippen LogP contribution is -2.39. The second-order valence-electron chi connectivity index (χ2n) is 8.91. The Labute approximate surface area is 182 Å². The number of likely N-dealkylation sites (tertiary alicyclic amines) is 1. The van der Waals surface area contributed by atoms with Crippen molar-refractivity contribution < 1.29 is 4.79 Å². The molecular formula is C22H35Cl2N3O. The molecule has 2 N–H and O–H groups in total. The molecule has 3 fully saturated rings. The van der Waals surface area contributed by atoms with Crippen molar-refractivity contribution in [2.24, 2.45) is 11.8 Å². The Morgan fingerprint density at radius 1 is 1.11 bits per heavy atom. The average Bonchev–Trinajstić information content (AvgIpc) is 2.95. The van der Waals surface area contributed by atoms with E-state index in [9.17, 15) is 4.79 Å². The molecule has 3 saturated heterocycles. The van der Waals surface area contributed by atoms with Crippen LogP contribution in [-0.2, 0) is 11.3 Å². The molecule has 3 aliphatic rings. The van der Waals surface area contributed by atoms with Crippen LogP contribution in [-0.4, -0.2) is 36.0 Å². The molecule has 1 aromatic carbocycles. The zero-order valence-corrected chi connectivity index (χ0v) is 18.5. The number of halogens is 2. The number of benzene rings is 1. The van der Waals surface area contributed by atoms with Crippen LogP contribution in [0, 0.1) is 11.8 Å². The SMILES string of the molecule is CC1CCCN(Cc2ccc(NC(=O)CC3CC4CCC(C3)N4)cc2)C1.Cl.Cl. The minimum absolute atomic E-state index is 0. The van der Waals surface area contributed by atoms with Crippen molar-refractivity contribution in [2.45, 2.75) is 70.5 Å². The quantitative estimate of drug-likeness (QED) is 0.719. The number of carbonyl (C=O) groups excluding carboxylic acids is 1. The molecule has 0 radical (unpaired) electrons. The molecule has 4 nitrogen and oxygen atoms in total. The largest absolute Gasteiger partial charge is 0.326 e. The first-order valence-corrected chi connectivity index (χ1v) is 10.5. The molecule has 1 aromatic rings. The van der Waals surface area contributed by atoms with Crippen LogP contribution in [0.2, 0.25) is 0 Å². The van der Waals surface area contributed by atoms with Crippen LogP contribution < -0.4 is 10.6 Å². The Morgan fingerprint density at radius 2 is 1.79 bits per heavy atom. The van der Waals surface area contributed by atoms with Crippen LogP contribution in [0.4, 0.5) is 5.69 Å². The Morgan fingerprint density at radius 3 is 2.43 bits per heavy atom. The van der Waals surface area contributed by atoms with Gasteiger partial charge in [-0.2, -0.15) is 0 Å². The minimum atomic E-state index is 0. The molecule has 1 amide bonds. The van der Waals surface area contributed by atoms with Crippen molar-refractivity contribution in [1.29, 1.82) is 0 Å². The number of nitrogens with one attached hydrogen (secondary N) is 2. The van der Waals surface area contributed by atoms with Crippen LogP contribution in [0.25, 0.3) is 0 Å². The van der Waals surface area contributed by atoms with Gasteiger partial charge in [0.2, 0.25) is 5.91 Å². The predicted molar refractivity (Wildman–Crippen MR) is 121 cm³/mol. The van der Waals surface area contributed by atoms with Gasteiger partial charge in [0.1, 0.15) is 0 Å². The van der Waals surface area contributed by atoms with Crippen LogP contribution in [0.1, 0.15) is 57.4 Å². The fourth-order valence-electron chi connectivity index (χ4n) is 5.20. The van der Waals surface area contributed by atoms with Gasteiger partial charge in [-0.15, -0.1) is 24.8 Å². The summed E-state index contributed by atoms with van der Waals surface area (Å²) < 4.78 is 0. The summed E-state index contributed by atoms with van der Waals surface area (Å²) in [6.45, 7) is 5.78. The molecule has 2 bridgehead atoms. The van der Waals surface area contributed by atoms with Gasteiger partial charge in [0.05, 0.1) is 0 Å². The maximum atomic E-state index is 12.4. The van der Waals surface area contributed by atoms with Gasteiger partial charge in [0.25, 0.3) is 0 Å². The molecule has 3 unspecified atom stereocenters. The van der Waals surface area contributed by atoms with E-state index in [0.29, 0.717) is 24.4 Å². The van der Waals surface area contributed by atoms with Gasteiger partial charge >= 0.3 is 0 Å². The maximum absolute atomic E-state index is 12.4. The van der Waals surface area contributed by atoms with Crippen LogP contribution in [0.15, 0.2) is 24.3 Å². The number of hydrogen-bond donors (Lipinski definition) is 2. The summed E-state index contributed by atoms with van der Waals surface area (Å²) in [5.41, 5.74) is 2.27. The van der Waals surface area contributed by atoms with Gasteiger partial charge in [0, 0.05) is 37.3 Å². The van der Waals surface area contributed by atoms with E-state index in [-0.39, 0.29) is 30.7 Å². The third-order valence-electron chi connectivity index (χ3n) is 6.43. The summed E-state index contributed by atoms with van der Waals surface area (Å²) in [5, 5.41) is 6.75. The maximum Gasteiger partial charge on any atom is 0.224 e. The van der Waals surface area contributed by atoms with Crippen molar-refractivity contribution in [3.63, 3.8) is 0 Å². The smallest absolute Gasteiger partial charge is 0.224 e. The molecule has 0 aromatic heterocycles. The molecule has 3 heterocycles. The lowest BCUT2D eigenvalue weighted by Gasteiger charge is -2.30. The first-order chi connectivity index (χ1) is 12.6. The second-order valence-corrected chi connectivity index (χ2v) is 8.91. The van der Waals surface area contributed by atoms with E-state index in [1.807, 2.05) is 0 Å². The molecular weight excluding hydrogens is 393 g/mol. The fourth-order valence-corrected chi connectivity index (χ4v) is 5.20. The van der Waals surface area contributed by atoms with Crippen molar-refractivity contribution in [1.82, 2.24) is 10.2 Å². The molecule has 0 spiro atoms. The van der Waals surface area contributed by atoms with Crippen molar-refractivity contribution >= 4 is 36.4 Å². The summed E-state index contributed by atoms with van der Waals surface area (Å²) in [6, 6.07) is 9.77. The van der Waals surface area contributed by atoms with Crippen LogP contribution in [0.3, 0.4) is 0 Å². The van der Waals surface area contributed by atoms with Crippen LogP contribution in [0.5, 0.6) is 0 Å². The van der Waals surface area contributed by atoms with E-state index in [1.165, 1.54) is 44.3 Å². The van der Waals surface area contributed by atoms with Crippen molar-refractivity contribution in [3.8, 4) is 0 Å². The lowest BCUT2D eigenvalue weighted by molar-refractivity contribution is -0.117. The number of amides is 1. The number of carbonyl (C=O) groups is 1. The van der Waals surface area contributed by atoms with E-state index in [2.05, 4.69) is 46.7 Å². The van der Waals surface area contributed by atoms with E-state index < -0.39 is 0 Å². The topological polar surface area (TPSA) is 44.4 Å². The molecule has 6 heteroatoms. The summed E-state index contributed by atoms with van der Waals surface area (Å²) >= 11 is 0. The van der Waals surface area contributed by atoms with Gasteiger partial charge < -0.3 is 10.6 Å². The van der Waals surface area contributed by atoms with Gasteiger partial charge in [-0.05, 0) is 74.6 Å². The average molecular weight is 428 g/mol. The Bertz CT molecular complexity index is 613. The summed E-state index contributed by atoms with van der Waals surface area (Å²) in [7, 11) is 0. The molecule has 0 aliphatic carbocycles. The van der Waals surface area contributed by atoms with Gasteiger partial charge in [-0.1, -0.05) is 19.1 Å². The van der Waals surface area contributed by atoms with E-state index in [1.54, 1.807) is 0 Å². The monoisotopic (exact) mass is 427 g/mol. The summed E-state index contributed by atoms with van der Waals surface area (Å²) in [5.74, 6) is 1.54. The van der Waals surface area contributed by atoms with Crippen molar-refractivity contribution in [2.75, 3.05) is 18.4 Å².